The summed E-state index contributed by atoms with van der Waals surface area (Å²) in [5.74, 6) is -109. The van der Waals surface area contributed by atoms with Gasteiger partial charge in [0.25, 0.3) is 0 Å². The highest BCUT2D eigenvalue weighted by molar-refractivity contribution is 6.60. The van der Waals surface area contributed by atoms with E-state index in [1.807, 2.05) is 0 Å². The molecule has 0 aliphatic heterocycles. The third-order valence-electron chi connectivity index (χ3n) is 14.8. The molecule has 11 rings (SSSR count). The van der Waals surface area contributed by atoms with Gasteiger partial charge >= 0.3 is 17.8 Å². The average Bonchev–Trinajstić information content (AvgIpc) is 0.890. The van der Waals surface area contributed by atoms with Crippen molar-refractivity contribution in [3.05, 3.63) is 202 Å². The molecule has 0 bridgehead atoms. The van der Waals surface area contributed by atoms with Crippen molar-refractivity contribution in [3.8, 4) is 0 Å². The summed E-state index contributed by atoms with van der Waals surface area (Å²) < 4.78 is 559. The number of hydrogen-bond donors (Lipinski definition) is 0. The number of hydrogen-bond acceptors (Lipinski definition) is 0. The van der Waals surface area contributed by atoms with Gasteiger partial charge in [0.1, 0.15) is 23.3 Å². The van der Waals surface area contributed by atoms with Crippen molar-refractivity contribution in [1.82, 2.24) is 0 Å². The molecule has 5 aliphatic carbocycles. The van der Waals surface area contributed by atoms with Crippen LogP contribution in [-0.4, -0.2) is 37.5 Å². The maximum Gasteiger partial charge on any atom is 0.379 e. The van der Waals surface area contributed by atoms with Gasteiger partial charge in [0.2, 0.25) is 14.6 Å². The second-order valence-corrected chi connectivity index (χ2v) is 19.3. The molecule has 0 saturated carbocycles. The highest BCUT2D eigenvalue weighted by Crippen LogP contribution is 2.67. The lowest BCUT2D eigenvalue weighted by Crippen LogP contribution is -2.69. The number of allylic oxidation sites excluding steroid dienone is 10. The molecule has 0 aromatic heterocycles. The van der Waals surface area contributed by atoms with Crippen molar-refractivity contribution in [2.24, 2.45) is 0 Å². The van der Waals surface area contributed by atoms with Gasteiger partial charge in [-0.1, -0.05) is 0 Å². The van der Waals surface area contributed by atoms with Crippen LogP contribution in [-0.2, 0) is 11.5 Å². The maximum atomic E-state index is 16.6. The Morgan fingerprint density at radius 3 is 0.889 bits per heavy atom. The highest BCUT2D eigenvalue weighted by atomic mass is 19.4. The molecular weight excluding hydrogens is 1340 g/mol. The molecule has 90 heavy (non-hydrogen) atoms. The van der Waals surface area contributed by atoms with Crippen LogP contribution < -0.4 is 5.46 Å². The number of benzene rings is 6. The Balaban J connectivity index is 0.000000198. The van der Waals surface area contributed by atoms with Gasteiger partial charge in [-0.2, -0.15) is 26.3 Å². The highest BCUT2D eigenvalue weighted by Gasteiger charge is 2.85. The van der Waals surface area contributed by atoms with Crippen molar-refractivity contribution in [1.29, 1.82) is 0 Å². The van der Waals surface area contributed by atoms with Gasteiger partial charge in [0.05, 0.1) is 32.8 Å². The topological polar surface area (TPSA) is 0 Å². The Hall–Kier alpha value is -8.25. The summed E-state index contributed by atoms with van der Waals surface area (Å²) in [6.45, 7) is 0. The van der Waals surface area contributed by atoms with E-state index in [-0.39, 0.29) is 0 Å². The largest absolute Gasteiger partial charge is 0.379 e. The van der Waals surface area contributed by atoms with Gasteiger partial charge < -0.3 is 0 Å². The molecule has 0 spiro atoms. The molecule has 0 saturated heterocycles. The zero-order valence-corrected chi connectivity index (χ0v) is 40.8. The Morgan fingerprint density at radius 1 is 0.233 bits per heavy atom. The number of alkyl halides is 9. The fourth-order valence-corrected chi connectivity index (χ4v) is 10.8. The standard InChI is InChI=1S/C26HBF18.C24HBF20/c28-9-5-1(11(30)17(36)19(38)15(5)34)3-7(9)25(44,23(42)21(40)13(3)32)27-26(45)8-4(14(33)22(41)24(26)43)2-6(10(8)29)16(35)20(39)18(37)12(2)31;26-8-1-2(9(27)4-3(8)11(29)17(35)18(36)12(4)30)10(28)16(34)15(33)7(1)25-21(39)5-6(14(32)20(38)19(37)13(5)31)22(40,41)24(44,45)23(21,42)43/h27H;25H. The second kappa shape index (κ2) is 19.6. The first kappa shape index (κ1) is 64.7. The molecule has 6 aromatic rings. The third kappa shape index (κ3) is 7.44. The number of halogens is 38. The second-order valence-electron chi connectivity index (χ2n) is 19.3. The Bertz CT molecular complexity index is 4520. The van der Waals surface area contributed by atoms with E-state index in [1.165, 1.54) is 0 Å². The van der Waals surface area contributed by atoms with E-state index < -0.39 is 300 Å². The molecule has 6 aromatic carbocycles. The predicted octanol–water partition coefficient (Wildman–Crippen LogP) is 17.4. The predicted molar refractivity (Wildman–Crippen MR) is 229 cm³/mol. The van der Waals surface area contributed by atoms with E-state index in [0.29, 0.717) is 0 Å². The van der Waals surface area contributed by atoms with Crippen molar-refractivity contribution in [2.75, 3.05) is 0 Å². The maximum absolute atomic E-state index is 16.6. The van der Waals surface area contributed by atoms with Crippen LogP contribution in [0.4, 0.5) is 167 Å². The van der Waals surface area contributed by atoms with Crippen LogP contribution in [0.2, 0.25) is 0 Å². The molecule has 3 unspecified atom stereocenters. The quantitative estimate of drug-likeness (QED) is 0.0543. The van der Waals surface area contributed by atoms with Crippen LogP contribution in [0, 0.1) is 122 Å². The van der Waals surface area contributed by atoms with Gasteiger partial charge in [-0.05, 0) is 5.46 Å². The van der Waals surface area contributed by atoms with Crippen molar-refractivity contribution < 1.29 is 167 Å². The van der Waals surface area contributed by atoms with Gasteiger partial charge in [-0.25, -0.2) is 140 Å². The van der Waals surface area contributed by atoms with E-state index in [9.17, 15) is 119 Å². The van der Waals surface area contributed by atoms with Gasteiger partial charge in [-0.3, -0.25) is 0 Å². The molecule has 0 nitrogen and oxygen atoms in total. The minimum absolute atomic E-state index is 2.15. The van der Waals surface area contributed by atoms with Crippen LogP contribution in [0.1, 0.15) is 33.4 Å². The van der Waals surface area contributed by atoms with Crippen molar-refractivity contribution in [2.45, 2.75) is 34.5 Å². The molecule has 40 heteroatoms. The summed E-state index contributed by atoms with van der Waals surface area (Å²) in [6, 6.07) is 0. The first-order valence-corrected chi connectivity index (χ1v) is 22.8. The summed E-state index contributed by atoms with van der Waals surface area (Å²) in [6.07, 6.45) is 0. The molecule has 0 fully saturated rings. The summed E-state index contributed by atoms with van der Waals surface area (Å²) in [7, 11) is -6.64. The van der Waals surface area contributed by atoms with Crippen LogP contribution in [0.5, 0.6) is 0 Å². The summed E-state index contributed by atoms with van der Waals surface area (Å²) >= 11 is 0. The minimum atomic E-state index is -7.34. The minimum Gasteiger partial charge on any atom is -0.241 e. The molecular formula is C50H2B2F38. The van der Waals surface area contributed by atoms with E-state index in [0.717, 1.165) is 0 Å². The zero-order chi connectivity index (χ0) is 67.8. The van der Waals surface area contributed by atoms with Crippen LogP contribution >= 0.6 is 0 Å². The lowest BCUT2D eigenvalue weighted by Gasteiger charge is -2.46. The van der Waals surface area contributed by atoms with Gasteiger partial charge in [0.15, 0.2) is 162 Å². The van der Waals surface area contributed by atoms with Crippen molar-refractivity contribution in [3.63, 3.8) is 0 Å². The summed E-state index contributed by atoms with van der Waals surface area (Å²) in [4.78, 5) is 0. The lowest BCUT2D eigenvalue weighted by atomic mass is 9.44. The molecule has 474 valence electrons. The molecule has 0 amide bonds. The van der Waals surface area contributed by atoms with Gasteiger partial charge in [-0.15, -0.1) is 0 Å². The van der Waals surface area contributed by atoms with E-state index in [4.69, 9.17) is 0 Å². The Morgan fingerprint density at radius 2 is 0.522 bits per heavy atom. The first-order chi connectivity index (χ1) is 41.2. The Labute approximate surface area is 467 Å². The monoisotopic (exact) mass is 1350 g/mol. The van der Waals surface area contributed by atoms with E-state index >= 15 is 48.3 Å². The summed E-state index contributed by atoms with van der Waals surface area (Å²) in [5.41, 5.74) is -45.2. The van der Waals surface area contributed by atoms with E-state index in [2.05, 4.69) is 0 Å². The zero-order valence-electron chi connectivity index (χ0n) is 40.8. The van der Waals surface area contributed by atoms with Crippen LogP contribution in [0.15, 0.2) is 46.1 Å². The fourth-order valence-electron chi connectivity index (χ4n) is 10.8. The molecule has 0 N–H and O–H groups in total. The molecule has 0 heterocycles. The van der Waals surface area contributed by atoms with Gasteiger partial charge in [0, 0.05) is 44.4 Å². The fraction of sp³-hybridized carbons (Fsp3) is 0.120. The molecule has 5 aliphatic rings. The lowest BCUT2D eigenvalue weighted by molar-refractivity contribution is -0.351. The SMILES string of the molecule is FC1=C2C(=C(F)c3c(F)c(F)c(F)c(F)c32)C(F)(BC2(F)C(F)=C(F)C(F)=C3C2=C(F)c2c(F)c(F)c(F)c(F)c23)C(F)=C1F.Fc1c(F)c(F)c2c(c1F)C(F)(F)C(F)(F)C(F)(F)C2(F)Bc1c(F)c(F)c(F)c2c(F)c3c(F)c(F)c(F)c(F)c3c(F)c12. The molecule has 0 radical (unpaired) electrons. The van der Waals surface area contributed by atoms with Crippen LogP contribution in [0.25, 0.3) is 44.3 Å². The molecule has 3 atom stereocenters. The Kier molecular flexibility index (Phi) is 14.1. The van der Waals surface area contributed by atoms with Crippen molar-refractivity contribution >= 4 is 64.4 Å². The average molecular weight is 1350 g/mol. The summed E-state index contributed by atoms with van der Waals surface area (Å²) in [5, 5.41) is -10.1. The number of fused-ring (bicyclic) bond motifs is 9. The smallest absolute Gasteiger partial charge is 0.241 e. The van der Waals surface area contributed by atoms with E-state index in [1.54, 1.807) is 0 Å². The number of rotatable bonds is 4. The van der Waals surface area contributed by atoms with Crippen LogP contribution in [0.3, 0.4) is 0 Å². The first-order valence-electron chi connectivity index (χ1n) is 22.8. The normalized spacial score (nSPS) is 22.2. The third-order valence-corrected chi connectivity index (χ3v) is 14.8.